The Hall–Kier alpha value is -3.06. The van der Waals surface area contributed by atoms with Gasteiger partial charge in [0.25, 0.3) is 11.6 Å². The zero-order valence-corrected chi connectivity index (χ0v) is 16.2. The molecule has 0 saturated carbocycles. The van der Waals surface area contributed by atoms with Crippen LogP contribution in [-0.2, 0) is 12.8 Å². The number of nitrogens with zero attached hydrogens (tertiary/aromatic N) is 2. The first kappa shape index (κ1) is 18.3. The molecule has 28 heavy (non-hydrogen) atoms. The Morgan fingerprint density at radius 2 is 1.93 bits per heavy atom. The average Bonchev–Trinajstić information content (AvgIpc) is 3.16. The Kier molecular flexibility index (Phi) is 4.92. The van der Waals surface area contributed by atoms with Crippen LogP contribution in [0.3, 0.4) is 0 Å². The normalized spacial score (nSPS) is 13.0. The molecule has 0 unspecified atom stereocenters. The molecule has 0 atom stereocenters. The minimum Gasteiger partial charge on any atom is -0.298 e. The molecule has 1 aliphatic carbocycles. The molecular weight excluding hydrogens is 374 g/mol. The van der Waals surface area contributed by atoms with Gasteiger partial charge in [-0.2, -0.15) is 0 Å². The highest BCUT2D eigenvalue weighted by Crippen LogP contribution is 2.30. The van der Waals surface area contributed by atoms with E-state index in [0.29, 0.717) is 10.7 Å². The smallest absolute Gasteiger partial charge is 0.273 e. The molecule has 1 heterocycles. The van der Waals surface area contributed by atoms with E-state index >= 15 is 0 Å². The summed E-state index contributed by atoms with van der Waals surface area (Å²) in [6.45, 7) is 1.64. The number of hydrogen-bond donors (Lipinski definition) is 1. The zero-order chi connectivity index (χ0) is 19.7. The molecule has 1 amide bonds. The van der Waals surface area contributed by atoms with Crippen molar-refractivity contribution in [1.29, 1.82) is 0 Å². The number of hydrogen-bond acceptors (Lipinski definition) is 5. The van der Waals surface area contributed by atoms with Crippen LogP contribution in [0.4, 0.5) is 10.8 Å². The van der Waals surface area contributed by atoms with E-state index < -0.39 is 10.8 Å². The Morgan fingerprint density at radius 3 is 2.71 bits per heavy atom. The molecule has 0 saturated heterocycles. The van der Waals surface area contributed by atoms with Gasteiger partial charge in [-0.25, -0.2) is 4.98 Å². The van der Waals surface area contributed by atoms with Gasteiger partial charge in [0.2, 0.25) is 0 Å². The topological polar surface area (TPSA) is 85.1 Å². The first-order chi connectivity index (χ1) is 13.5. The summed E-state index contributed by atoms with van der Waals surface area (Å²) in [7, 11) is 0. The van der Waals surface area contributed by atoms with Crippen molar-refractivity contribution in [2.75, 3.05) is 5.32 Å². The van der Waals surface area contributed by atoms with E-state index in [0.717, 1.165) is 24.1 Å². The van der Waals surface area contributed by atoms with Crippen molar-refractivity contribution in [2.45, 2.75) is 32.6 Å². The number of nitrogens with one attached hydrogen (secondary N) is 1. The van der Waals surface area contributed by atoms with Gasteiger partial charge in [-0.1, -0.05) is 18.2 Å². The standard InChI is InChI=1S/C21H19N3O3S/c1-13-6-7-17(11-19(13)24(26)27)20(25)23-21-22-18(12-28-21)16-9-8-14-4-2-3-5-15(14)10-16/h6-12H,2-5H2,1H3,(H,22,23,25). The molecule has 1 aliphatic rings. The molecule has 0 radical (unpaired) electrons. The number of amides is 1. The monoisotopic (exact) mass is 393 g/mol. The number of carbonyl (C=O) groups is 1. The van der Waals surface area contributed by atoms with Crippen molar-refractivity contribution in [3.05, 3.63) is 74.1 Å². The molecule has 6 nitrogen and oxygen atoms in total. The maximum absolute atomic E-state index is 12.5. The minimum atomic E-state index is -0.482. The van der Waals surface area contributed by atoms with Gasteiger partial charge in [0.15, 0.2) is 5.13 Å². The third-order valence-electron chi connectivity index (χ3n) is 5.04. The fourth-order valence-electron chi connectivity index (χ4n) is 3.47. The highest BCUT2D eigenvalue weighted by molar-refractivity contribution is 7.14. The maximum atomic E-state index is 12.5. The van der Waals surface area contributed by atoms with Crippen LogP contribution in [0.25, 0.3) is 11.3 Å². The van der Waals surface area contributed by atoms with Crippen molar-refractivity contribution in [3.63, 3.8) is 0 Å². The highest BCUT2D eigenvalue weighted by Gasteiger charge is 2.17. The van der Waals surface area contributed by atoms with Gasteiger partial charge < -0.3 is 0 Å². The van der Waals surface area contributed by atoms with Crippen molar-refractivity contribution >= 4 is 28.1 Å². The molecule has 1 aromatic heterocycles. The van der Waals surface area contributed by atoms with E-state index in [1.165, 1.54) is 41.4 Å². The van der Waals surface area contributed by atoms with Crippen LogP contribution in [0.1, 0.15) is 39.9 Å². The fourth-order valence-corrected chi connectivity index (χ4v) is 4.19. The minimum absolute atomic E-state index is 0.0680. The summed E-state index contributed by atoms with van der Waals surface area (Å²) in [6.07, 6.45) is 4.70. The molecule has 3 aromatic rings. The van der Waals surface area contributed by atoms with Crippen LogP contribution < -0.4 is 5.32 Å². The lowest BCUT2D eigenvalue weighted by Gasteiger charge is -2.16. The summed E-state index contributed by atoms with van der Waals surface area (Å²) >= 11 is 1.34. The number of thiazole rings is 1. The second-order valence-corrected chi connectivity index (χ2v) is 7.80. The van der Waals surface area contributed by atoms with Crippen LogP contribution in [0, 0.1) is 17.0 Å². The van der Waals surface area contributed by atoms with Crippen LogP contribution in [-0.4, -0.2) is 15.8 Å². The zero-order valence-electron chi connectivity index (χ0n) is 15.4. The van der Waals surface area contributed by atoms with Crippen molar-refractivity contribution < 1.29 is 9.72 Å². The van der Waals surface area contributed by atoms with Crippen LogP contribution in [0.5, 0.6) is 0 Å². The van der Waals surface area contributed by atoms with E-state index in [4.69, 9.17) is 0 Å². The molecule has 142 valence electrons. The lowest BCUT2D eigenvalue weighted by molar-refractivity contribution is -0.385. The molecule has 1 N–H and O–H groups in total. The predicted molar refractivity (Wildman–Crippen MR) is 110 cm³/mol. The SMILES string of the molecule is Cc1ccc(C(=O)Nc2nc(-c3ccc4c(c3)CCCC4)cs2)cc1[N+](=O)[O-]. The number of aromatic nitrogens is 1. The predicted octanol–water partition coefficient (Wildman–Crippen LogP) is 5.16. The van der Waals surface area contributed by atoms with Gasteiger partial charge in [0.05, 0.1) is 10.6 Å². The molecule has 0 bridgehead atoms. The Labute approximate surface area is 166 Å². The molecular formula is C21H19N3O3S. The Morgan fingerprint density at radius 1 is 1.14 bits per heavy atom. The van der Waals surface area contributed by atoms with Gasteiger partial charge >= 0.3 is 0 Å². The first-order valence-corrected chi connectivity index (χ1v) is 10.0. The van der Waals surface area contributed by atoms with Gasteiger partial charge in [0.1, 0.15) is 0 Å². The second kappa shape index (κ2) is 7.52. The molecule has 4 rings (SSSR count). The summed E-state index contributed by atoms with van der Waals surface area (Å²) in [4.78, 5) is 27.6. The lowest BCUT2D eigenvalue weighted by atomic mass is 9.90. The van der Waals surface area contributed by atoms with E-state index in [-0.39, 0.29) is 11.3 Å². The third-order valence-corrected chi connectivity index (χ3v) is 5.79. The third kappa shape index (κ3) is 3.66. The average molecular weight is 393 g/mol. The number of benzene rings is 2. The molecule has 0 aliphatic heterocycles. The van der Waals surface area contributed by atoms with Crippen molar-refractivity contribution in [3.8, 4) is 11.3 Å². The van der Waals surface area contributed by atoms with Crippen LogP contribution in [0.2, 0.25) is 0 Å². The number of carbonyl (C=O) groups excluding carboxylic acids is 1. The maximum Gasteiger partial charge on any atom is 0.273 e. The number of rotatable bonds is 4. The number of nitro benzene ring substituents is 1. The Balaban J connectivity index is 1.53. The van der Waals surface area contributed by atoms with Gasteiger partial charge in [-0.05, 0) is 55.9 Å². The van der Waals surface area contributed by atoms with E-state index in [1.54, 1.807) is 19.1 Å². The number of nitro groups is 1. The molecule has 2 aromatic carbocycles. The highest BCUT2D eigenvalue weighted by atomic mass is 32.1. The molecule has 0 fully saturated rings. The van der Waals surface area contributed by atoms with E-state index in [9.17, 15) is 14.9 Å². The number of anilines is 1. The van der Waals surface area contributed by atoms with Crippen molar-refractivity contribution in [2.24, 2.45) is 0 Å². The lowest BCUT2D eigenvalue weighted by Crippen LogP contribution is -2.12. The second-order valence-electron chi connectivity index (χ2n) is 6.94. The van der Waals surface area contributed by atoms with E-state index in [2.05, 4.69) is 28.5 Å². The van der Waals surface area contributed by atoms with Crippen molar-refractivity contribution in [1.82, 2.24) is 4.98 Å². The van der Waals surface area contributed by atoms with E-state index in [1.807, 2.05) is 5.38 Å². The van der Waals surface area contributed by atoms with Gasteiger partial charge in [-0.3, -0.25) is 20.2 Å². The van der Waals surface area contributed by atoms with Crippen LogP contribution in [0.15, 0.2) is 41.8 Å². The molecule has 7 heteroatoms. The largest absolute Gasteiger partial charge is 0.298 e. The first-order valence-electron chi connectivity index (χ1n) is 9.15. The summed E-state index contributed by atoms with van der Waals surface area (Å²) < 4.78 is 0. The summed E-state index contributed by atoms with van der Waals surface area (Å²) in [5.74, 6) is -0.408. The number of fused-ring (bicyclic) bond motifs is 1. The Bertz CT molecular complexity index is 1070. The fraction of sp³-hybridized carbons (Fsp3) is 0.238. The number of aryl methyl sites for hydroxylation is 3. The van der Waals surface area contributed by atoms with Crippen LogP contribution >= 0.6 is 11.3 Å². The molecule has 0 spiro atoms. The summed E-state index contributed by atoms with van der Waals surface area (Å²) in [6, 6.07) is 10.9. The van der Waals surface area contributed by atoms with Gasteiger partial charge in [-0.15, -0.1) is 11.3 Å². The summed E-state index contributed by atoms with van der Waals surface area (Å²) in [5.41, 5.74) is 5.36. The quantitative estimate of drug-likeness (QED) is 0.490. The summed E-state index contributed by atoms with van der Waals surface area (Å²) in [5, 5.41) is 16.2. The van der Waals surface area contributed by atoms with Gasteiger partial charge in [0, 0.05) is 28.1 Å².